The summed E-state index contributed by atoms with van der Waals surface area (Å²) >= 11 is 1.86. The standard InChI is InChI=1S/C14H7F2IN4/c15-8-1-2-12(7(3-8)6-18)21-13-4-9(16)10(17)5-11(13)20-14(21)19/h1-5H,(H2,19,20). The van der Waals surface area contributed by atoms with Crippen molar-refractivity contribution in [2.75, 3.05) is 5.73 Å². The molecule has 0 saturated heterocycles. The van der Waals surface area contributed by atoms with Gasteiger partial charge in [0.1, 0.15) is 17.7 Å². The Hall–Kier alpha value is -2.21. The number of aromatic nitrogens is 2. The van der Waals surface area contributed by atoms with Crippen molar-refractivity contribution < 1.29 is 8.78 Å². The largest absolute Gasteiger partial charge is 0.369 e. The van der Waals surface area contributed by atoms with Gasteiger partial charge in [0.25, 0.3) is 0 Å². The van der Waals surface area contributed by atoms with Crippen LogP contribution in [0.5, 0.6) is 0 Å². The van der Waals surface area contributed by atoms with Gasteiger partial charge in [-0.15, -0.1) is 0 Å². The minimum absolute atomic E-state index is 0.0972. The second-order valence-corrected chi connectivity index (χ2v) is 5.50. The number of rotatable bonds is 1. The lowest BCUT2D eigenvalue weighted by Gasteiger charge is -2.08. The Morgan fingerprint density at radius 3 is 2.71 bits per heavy atom. The van der Waals surface area contributed by atoms with Gasteiger partial charge in [0.05, 0.1) is 25.9 Å². The number of nitrogens with two attached hydrogens (primary N) is 1. The highest BCUT2D eigenvalue weighted by atomic mass is 127. The first-order valence-corrected chi connectivity index (χ1v) is 6.92. The number of fused-ring (bicyclic) bond motifs is 1. The van der Waals surface area contributed by atoms with Gasteiger partial charge in [-0.3, -0.25) is 4.57 Å². The third-order valence-corrected chi connectivity index (χ3v) is 3.87. The maximum atomic E-state index is 13.8. The van der Waals surface area contributed by atoms with E-state index in [2.05, 4.69) is 4.98 Å². The van der Waals surface area contributed by atoms with E-state index < -0.39 is 11.6 Å². The molecule has 0 bridgehead atoms. The van der Waals surface area contributed by atoms with Crippen molar-refractivity contribution in [3.63, 3.8) is 0 Å². The quantitative estimate of drug-likeness (QED) is 0.642. The van der Waals surface area contributed by atoms with E-state index in [1.807, 2.05) is 28.7 Å². The molecule has 0 saturated carbocycles. The first-order valence-electron chi connectivity index (χ1n) is 5.84. The summed E-state index contributed by atoms with van der Waals surface area (Å²) < 4.78 is 28.9. The Morgan fingerprint density at radius 2 is 2.00 bits per heavy atom. The van der Waals surface area contributed by atoms with E-state index in [0.29, 0.717) is 20.3 Å². The predicted molar refractivity (Wildman–Crippen MR) is 82.8 cm³/mol. The number of hydrogen-bond donors (Lipinski definition) is 1. The van der Waals surface area contributed by atoms with Crippen LogP contribution in [0.3, 0.4) is 0 Å². The van der Waals surface area contributed by atoms with Crippen LogP contribution >= 0.6 is 22.6 Å². The predicted octanol–water partition coefficient (Wildman–Crippen LogP) is 3.36. The molecule has 2 N–H and O–H groups in total. The summed E-state index contributed by atoms with van der Waals surface area (Å²) in [6, 6.07) is 8.49. The van der Waals surface area contributed by atoms with Crippen molar-refractivity contribution in [1.29, 1.82) is 5.26 Å². The van der Waals surface area contributed by atoms with Crippen molar-refractivity contribution >= 4 is 39.6 Å². The van der Waals surface area contributed by atoms with Crippen LogP contribution in [0.25, 0.3) is 16.7 Å². The zero-order valence-corrected chi connectivity index (χ0v) is 12.6. The number of nitrogens with zero attached hydrogens (tertiary/aromatic N) is 3. The fraction of sp³-hybridized carbons (Fsp3) is 0. The summed E-state index contributed by atoms with van der Waals surface area (Å²) in [5.41, 5.74) is 7.26. The maximum Gasteiger partial charge on any atom is 0.205 e. The third-order valence-electron chi connectivity index (χ3n) is 3.04. The van der Waals surface area contributed by atoms with Gasteiger partial charge in [0.15, 0.2) is 0 Å². The molecule has 21 heavy (non-hydrogen) atoms. The van der Waals surface area contributed by atoms with Crippen molar-refractivity contribution in [1.82, 2.24) is 9.55 Å². The number of hydrogen-bond acceptors (Lipinski definition) is 3. The molecule has 3 aromatic rings. The molecule has 0 aliphatic rings. The fourth-order valence-electron chi connectivity index (χ4n) is 2.14. The van der Waals surface area contributed by atoms with E-state index in [9.17, 15) is 8.78 Å². The number of anilines is 1. The lowest BCUT2D eigenvalue weighted by atomic mass is 10.2. The molecule has 0 spiro atoms. The SMILES string of the molecule is N#Cc1cc(F)ccc1-n1c(N)nc2cc(I)c(F)cc21. The zero-order chi connectivity index (χ0) is 15.1. The van der Waals surface area contributed by atoms with Crippen molar-refractivity contribution in [2.45, 2.75) is 0 Å². The van der Waals surface area contributed by atoms with Gasteiger partial charge in [-0.05, 0) is 46.9 Å². The summed E-state index contributed by atoms with van der Waals surface area (Å²) in [7, 11) is 0. The zero-order valence-electron chi connectivity index (χ0n) is 10.4. The molecule has 0 aliphatic heterocycles. The number of benzene rings is 2. The number of imidazole rings is 1. The molecule has 0 atom stereocenters. The van der Waals surface area contributed by atoms with Crippen molar-refractivity contribution in [3.05, 3.63) is 51.1 Å². The first kappa shape index (κ1) is 13.8. The number of halogens is 3. The monoisotopic (exact) mass is 396 g/mol. The highest BCUT2D eigenvalue weighted by Crippen LogP contribution is 2.28. The molecule has 0 fully saturated rings. The molecular weight excluding hydrogens is 389 g/mol. The Bertz CT molecular complexity index is 911. The Labute approximate surface area is 131 Å². The Kier molecular flexibility index (Phi) is 3.25. The molecule has 3 rings (SSSR count). The van der Waals surface area contributed by atoms with E-state index in [1.54, 1.807) is 6.07 Å². The molecule has 0 aliphatic carbocycles. The van der Waals surface area contributed by atoms with Crippen LogP contribution in [0.4, 0.5) is 14.7 Å². The second kappa shape index (κ2) is 4.96. The fourth-order valence-corrected chi connectivity index (χ4v) is 2.59. The molecule has 4 nitrogen and oxygen atoms in total. The Morgan fingerprint density at radius 1 is 1.24 bits per heavy atom. The van der Waals surface area contributed by atoms with E-state index >= 15 is 0 Å². The molecule has 2 aromatic carbocycles. The van der Waals surface area contributed by atoms with Crippen LogP contribution in [0.1, 0.15) is 5.56 Å². The molecule has 104 valence electrons. The number of nitriles is 1. The maximum absolute atomic E-state index is 13.8. The third kappa shape index (κ3) is 2.21. The second-order valence-electron chi connectivity index (χ2n) is 4.33. The van der Waals surface area contributed by atoms with Gasteiger partial charge >= 0.3 is 0 Å². The average molecular weight is 396 g/mol. The summed E-state index contributed by atoms with van der Waals surface area (Å²) in [6.45, 7) is 0. The van der Waals surface area contributed by atoms with Crippen molar-refractivity contribution in [2.24, 2.45) is 0 Å². The molecule has 1 aromatic heterocycles. The van der Waals surface area contributed by atoms with Gasteiger partial charge in [-0.25, -0.2) is 13.8 Å². The smallest absolute Gasteiger partial charge is 0.205 e. The minimum atomic E-state index is -0.529. The van der Waals surface area contributed by atoms with E-state index in [0.717, 1.165) is 6.07 Å². The van der Waals surface area contributed by atoms with Crippen LogP contribution in [-0.4, -0.2) is 9.55 Å². The topological polar surface area (TPSA) is 67.6 Å². The van der Waals surface area contributed by atoms with Gasteiger partial charge in [0, 0.05) is 6.07 Å². The lowest BCUT2D eigenvalue weighted by molar-refractivity contribution is 0.621. The van der Waals surface area contributed by atoms with Crippen LogP contribution in [0, 0.1) is 26.5 Å². The molecule has 0 amide bonds. The molecular formula is C14H7F2IN4. The highest BCUT2D eigenvalue weighted by Gasteiger charge is 2.16. The molecule has 1 heterocycles. The molecule has 7 heteroatoms. The highest BCUT2D eigenvalue weighted by molar-refractivity contribution is 14.1. The summed E-state index contributed by atoms with van der Waals surface area (Å²) in [5.74, 6) is -0.835. The van der Waals surface area contributed by atoms with E-state index in [4.69, 9.17) is 11.0 Å². The van der Waals surface area contributed by atoms with Crippen LogP contribution in [-0.2, 0) is 0 Å². The van der Waals surface area contributed by atoms with Gasteiger partial charge in [0.2, 0.25) is 5.95 Å². The molecule has 0 unspecified atom stereocenters. The van der Waals surface area contributed by atoms with Gasteiger partial charge < -0.3 is 5.73 Å². The van der Waals surface area contributed by atoms with E-state index in [-0.39, 0.29) is 11.5 Å². The molecule has 0 radical (unpaired) electrons. The average Bonchev–Trinajstić information content (AvgIpc) is 2.75. The number of nitrogen functional groups attached to an aromatic ring is 1. The van der Waals surface area contributed by atoms with Gasteiger partial charge in [-0.2, -0.15) is 5.26 Å². The summed E-state index contributed by atoms with van der Waals surface area (Å²) in [4.78, 5) is 4.16. The first-order chi connectivity index (χ1) is 10.0. The van der Waals surface area contributed by atoms with E-state index in [1.165, 1.54) is 22.8 Å². The van der Waals surface area contributed by atoms with Crippen LogP contribution in [0.15, 0.2) is 30.3 Å². The van der Waals surface area contributed by atoms with Crippen LogP contribution < -0.4 is 5.73 Å². The normalized spacial score (nSPS) is 10.8. The van der Waals surface area contributed by atoms with Gasteiger partial charge in [-0.1, -0.05) is 0 Å². The Balaban J connectivity index is 2.38. The van der Waals surface area contributed by atoms with Crippen LogP contribution in [0.2, 0.25) is 0 Å². The summed E-state index contributed by atoms with van der Waals surface area (Å²) in [6.07, 6.45) is 0. The minimum Gasteiger partial charge on any atom is -0.369 e. The van der Waals surface area contributed by atoms with Crippen molar-refractivity contribution in [3.8, 4) is 11.8 Å². The lowest BCUT2D eigenvalue weighted by Crippen LogP contribution is -2.03. The summed E-state index contributed by atoms with van der Waals surface area (Å²) in [5, 5.41) is 9.14.